The van der Waals surface area contributed by atoms with Gasteiger partial charge in [-0.15, -0.1) is 0 Å². The highest BCUT2D eigenvalue weighted by molar-refractivity contribution is 8.04. The predicted octanol–water partition coefficient (Wildman–Crippen LogP) is 4.65. The van der Waals surface area contributed by atoms with Gasteiger partial charge in [0.25, 0.3) is 5.91 Å². The van der Waals surface area contributed by atoms with E-state index in [0.717, 1.165) is 23.7 Å². The second-order valence-electron chi connectivity index (χ2n) is 8.19. The molecule has 3 aromatic carbocycles. The fourth-order valence-corrected chi connectivity index (χ4v) is 5.29. The van der Waals surface area contributed by atoms with Crippen molar-refractivity contribution in [1.82, 2.24) is 4.90 Å². The molecule has 7 heteroatoms. The maximum atomic E-state index is 14.2. The fourth-order valence-electron chi connectivity index (χ4n) is 4.24. The summed E-state index contributed by atoms with van der Waals surface area (Å²) in [6.07, 6.45) is 1.56. The first-order chi connectivity index (χ1) is 16.6. The average molecular weight is 474 g/mol. The van der Waals surface area contributed by atoms with E-state index in [1.807, 2.05) is 47.4 Å². The van der Waals surface area contributed by atoms with Gasteiger partial charge in [0.05, 0.1) is 10.6 Å². The molecule has 0 N–H and O–H groups in total. The largest absolute Gasteiger partial charge is 0.368 e. The Morgan fingerprint density at radius 1 is 0.882 bits per heavy atom. The SMILES string of the molecule is O=C(CN1C(=O)/C(=C/c2ccccc2F)Sc2ccccc21)N1CCN(c2ccccc2)CC1. The minimum absolute atomic E-state index is 0.0453. The Kier molecular flexibility index (Phi) is 6.36. The lowest BCUT2D eigenvalue weighted by Gasteiger charge is -2.37. The molecule has 0 atom stereocenters. The van der Waals surface area contributed by atoms with Crippen LogP contribution < -0.4 is 9.80 Å². The minimum atomic E-state index is -0.388. The molecule has 2 heterocycles. The van der Waals surface area contributed by atoms with Gasteiger partial charge in [-0.25, -0.2) is 4.39 Å². The van der Waals surface area contributed by atoms with Gasteiger partial charge in [0.1, 0.15) is 12.4 Å². The Morgan fingerprint density at radius 3 is 2.32 bits per heavy atom. The molecule has 0 aromatic heterocycles. The fraction of sp³-hybridized carbons (Fsp3) is 0.185. The number of rotatable bonds is 4. The van der Waals surface area contributed by atoms with Crippen LogP contribution in [-0.2, 0) is 9.59 Å². The maximum Gasteiger partial charge on any atom is 0.265 e. The van der Waals surface area contributed by atoms with E-state index in [1.54, 1.807) is 24.3 Å². The summed E-state index contributed by atoms with van der Waals surface area (Å²) in [5, 5.41) is 0. The molecule has 5 nitrogen and oxygen atoms in total. The van der Waals surface area contributed by atoms with E-state index in [9.17, 15) is 14.0 Å². The highest BCUT2D eigenvalue weighted by atomic mass is 32.2. The van der Waals surface area contributed by atoms with Crippen LogP contribution in [0, 0.1) is 5.82 Å². The van der Waals surface area contributed by atoms with E-state index in [4.69, 9.17) is 0 Å². The lowest BCUT2D eigenvalue weighted by Crippen LogP contribution is -2.52. The number of benzene rings is 3. The van der Waals surface area contributed by atoms with Gasteiger partial charge >= 0.3 is 0 Å². The van der Waals surface area contributed by atoms with Gasteiger partial charge in [0.15, 0.2) is 0 Å². The van der Waals surface area contributed by atoms with Crippen LogP contribution in [0.5, 0.6) is 0 Å². The zero-order valence-corrected chi connectivity index (χ0v) is 19.4. The molecule has 5 rings (SSSR count). The van der Waals surface area contributed by atoms with Crippen molar-refractivity contribution in [1.29, 1.82) is 0 Å². The second kappa shape index (κ2) is 9.73. The number of para-hydroxylation sites is 2. The topological polar surface area (TPSA) is 43.9 Å². The predicted molar refractivity (Wildman–Crippen MR) is 134 cm³/mol. The number of nitrogens with zero attached hydrogens (tertiary/aromatic N) is 3. The van der Waals surface area contributed by atoms with Gasteiger partial charge in [-0.05, 0) is 36.4 Å². The third kappa shape index (κ3) is 4.56. The number of hydrogen-bond donors (Lipinski definition) is 0. The Hall–Kier alpha value is -3.58. The van der Waals surface area contributed by atoms with Gasteiger partial charge < -0.3 is 9.80 Å². The third-order valence-electron chi connectivity index (χ3n) is 6.07. The molecule has 0 radical (unpaired) electrons. The van der Waals surface area contributed by atoms with Gasteiger partial charge in [0, 0.05) is 42.3 Å². The van der Waals surface area contributed by atoms with E-state index in [-0.39, 0.29) is 24.2 Å². The second-order valence-corrected chi connectivity index (χ2v) is 9.28. The molecule has 1 saturated heterocycles. The molecule has 0 bridgehead atoms. The van der Waals surface area contributed by atoms with Gasteiger partial charge in [0.2, 0.25) is 5.91 Å². The number of hydrogen-bond acceptors (Lipinski definition) is 4. The Bertz CT molecular complexity index is 1240. The number of halogens is 1. The van der Waals surface area contributed by atoms with E-state index in [2.05, 4.69) is 17.0 Å². The zero-order valence-electron chi connectivity index (χ0n) is 18.6. The summed E-state index contributed by atoms with van der Waals surface area (Å²) in [6.45, 7) is 2.65. The van der Waals surface area contributed by atoms with Crippen LogP contribution in [0.4, 0.5) is 15.8 Å². The summed E-state index contributed by atoms with van der Waals surface area (Å²) in [5.74, 6) is -0.766. The number of piperazine rings is 1. The lowest BCUT2D eigenvalue weighted by molar-refractivity contribution is -0.131. The van der Waals surface area contributed by atoms with Crippen molar-refractivity contribution in [3.05, 3.63) is 95.1 Å². The number of anilines is 2. The van der Waals surface area contributed by atoms with Crippen LogP contribution in [0.1, 0.15) is 5.56 Å². The molecule has 0 spiro atoms. The van der Waals surface area contributed by atoms with E-state index >= 15 is 0 Å². The molecule has 2 aliphatic rings. The summed E-state index contributed by atoms with van der Waals surface area (Å²) in [4.78, 5) is 33.5. The monoisotopic (exact) mass is 473 g/mol. The highest BCUT2D eigenvalue weighted by Crippen LogP contribution is 2.42. The van der Waals surface area contributed by atoms with Crippen molar-refractivity contribution in [2.24, 2.45) is 0 Å². The van der Waals surface area contributed by atoms with E-state index in [0.29, 0.717) is 29.2 Å². The lowest BCUT2D eigenvalue weighted by atomic mass is 10.2. The van der Waals surface area contributed by atoms with Gasteiger partial charge in [-0.1, -0.05) is 60.3 Å². The first-order valence-electron chi connectivity index (χ1n) is 11.2. The molecule has 2 amide bonds. The summed E-state index contributed by atoms with van der Waals surface area (Å²) >= 11 is 1.30. The number of amides is 2. The molecule has 34 heavy (non-hydrogen) atoms. The van der Waals surface area contributed by atoms with Crippen molar-refractivity contribution in [3.63, 3.8) is 0 Å². The number of thioether (sulfide) groups is 1. The Labute approximate surface area is 202 Å². The first-order valence-corrected chi connectivity index (χ1v) is 12.0. The molecule has 2 aliphatic heterocycles. The van der Waals surface area contributed by atoms with Crippen LogP contribution in [0.2, 0.25) is 0 Å². The molecule has 0 saturated carbocycles. The average Bonchev–Trinajstić information content (AvgIpc) is 2.88. The molecule has 3 aromatic rings. The van der Waals surface area contributed by atoms with Crippen LogP contribution >= 0.6 is 11.8 Å². The third-order valence-corrected chi connectivity index (χ3v) is 7.15. The maximum absolute atomic E-state index is 14.2. The summed E-state index contributed by atoms with van der Waals surface area (Å²) in [5.41, 5.74) is 2.20. The summed E-state index contributed by atoms with van der Waals surface area (Å²) in [7, 11) is 0. The van der Waals surface area contributed by atoms with Gasteiger partial charge in [-0.2, -0.15) is 0 Å². The van der Waals surface area contributed by atoms with Crippen molar-refractivity contribution >= 4 is 41.0 Å². The van der Waals surface area contributed by atoms with Crippen molar-refractivity contribution < 1.29 is 14.0 Å². The summed E-state index contributed by atoms with van der Waals surface area (Å²) < 4.78 is 14.2. The van der Waals surface area contributed by atoms with Crippen LogP contribution in [0.3, 0.4) is 0 Å². The van der Waals surface area contributed by atoms with Crippen molar-refractivity contribution in [3.8, 4) is 0 Å². The zero-order chi connectivity index (χ0) is 23.5. The Morgan fingerprint density at radius 2 is 1.56 bits per heavy atom. The Balaban J connectivity index is 1.33. The van der Waals surface area contributed by atoms with Crippen LogP contribution in [0.25, 0.3) is 6.08 Å². The van der Waals surface area contributed by atoms with Crippen molar-refractivity contribution in [2.45, 2.75) is 4.90 Å². The number of carbonyl (C=O) groups excluding carboxylic acids is 2. The quantitative estimate of drug-likeness (QED) is 0.518. The molecule has 0 unspecified atom stereocenters. The van der Waals surface area contributed by atoms with Gasteiger partial charge in [-0.3, -0.25) is 14.5 Å². The normalized spacial score (nSPS) is 17.1. The standard InChI is InChI=1S/C27H24FN3O2S/c28-22-11-5-4-8-20(22)18-25-27(33)31(23-12-6-7-13-24(23)34-25)19-26(32)30-16-14-29(15-17-30)21-9-2-1-3-10-21/h1-13,18H,14-17,19H2/b25-18-. The smallest absolute Gasteiger partial charge is 0.265 e. The molecule has 172 valence electrons. The molecular formula is C27H24FN3O2S. The number of fused-ring (bicyclic) bond motifs is 1. The van der Waals surface area contributed by atoms with E-state index < -0.39 is 0 Å². The number of carbonyl (C=O) groups is 2. The first kappa shape index (κ1) is 22.2. The van der Waals surface area contributed by atoms with Crippen molar-refractivity contribution in [2.75, 3.05) is 42.5 Å². The molecular weight excluding hydrogens is 449 g/mol. The molecule has 1 fully saturated rings. The molecule has 0 aliphatic carbocycles. The van der Waals surface area contributed by atoms with E-state index in [1.165, 1.54) is 22.7 Å². The van der Waals surface area contributed by atoms with Crippen LogP contribution in [-0.4, -0.2) is 49.4 Å². The van der Waals surface area contributed by atoms with Crippen LogP contribution in [0.15, 0.2) is 88.7 Å². The highest BCUT2D eigenvalue weighted by Gasteiger charge is 2.32. The minimum Gasteiger partial charge on any atom is -0.368 e. The summed E-state index contributed by atoms with van der Waals surface area (Å²) in [6, 6.07) is 24.0.